The van der Waals surface area contributed by atoms with Gasteiger partial charge in [0.1, 0.15) is 29.2 Å². The number of guanidine groups is 1. The van der Waals surface area contributed by atoms with Crippen LogP contribution in [0.1, 0.15) is 23.1 Å². The van der Waals surface area contributed by atoms with E-state index >= 15 is 0 Å². The van der Waals surface area contributed by atoms with E-state index in [0.29, 0.717) is 28.5 Å². The molecule has 0 bridgehead atoms. The number of hydrogen-bond donors (Lipinski definition) is 3. The molecule has 176 valence electrons. The highest BCUT2D eigenvalue weighted by molar-refractivity contribution is 6.30. The van der Waals surface area contributed by atoms with Gasteiger partial charge in [0.05, 0.1) is 25.4 Å². The summed E-state index contributed by atoms with van der Waals surface area (Å²) in [5.41, 5.74) is 9.97. The maximum absolute atomic E-state index is 6.47. The molecule has 1 saturated heterocycles. The summed E-state index contributed by atoms with van der Waals surface area (Å²) in [4.78, 5) is 8.88. The number of hydrogen-bond acceptors (Lipinski definition) is 7. The van der Waals surface area contributed by atoms with Crippen molar-refractivity contribution >= 4 is 29.2 Å². The Labute approximate surface area is 207 Å². The molecule has 3 heterocycles. The molecule has 2 aliphatic heterocycles. The van der Waals surface area contributed by atoms with E-state index in [-0.39, 0.29) is 18.1 Å². The lowest BCUT2D eigenvalue weighted by atomic mass is 9.80. The lowest BCUT2D eigenvalue weighted by Gasteiger charge is -2.40. The zero-order valence-electron chi connectivity index (χ0n) is 18.6. The average Bonchev–Trinajstić information content (AvgIpc) is 3.29. The summed E-state index contributed by atoms with van der Waals surface area (Å²) in [6, 6.07) is 13.5. The summed E-state index contributed by atoms with van der Waals surface area (Å²) in [6.45, 7) is 0.468. The number of aromatic nitrogens is 2. The molecule has 3 unspecified atom stereocenters. The summed E-state index contributed by atoms with van der Waals surface area (Å²) < 4.78 is 14.0. The molecule has 8 nitrogen and oxygen atoms in total. The van der Waals surface area contributed by atoms with Gasteiger partial charge in [-0.25, -0.2) is 9.98 Å². The Morgan fingerprint density at radius 3 is 2.62 bits per heavy atom. The summed E-state index contributed by atoms with van der Waals surface area (Å²) in [5.74, 6) is 1.81. The molecule has 10 heteroatoms. The van der Waals surface area contributed by atoms with E-state index in [1.807, 2.05) is 54.1 Å². The molecule has 0 saturated carbocycles. The molecule has 5 rings (SSSR count). The van der Waals surface area contributed by atoms with Crippen LogP contribution < -0.4 is 21.1 Å². The van der Waals surface area contributed by atoms with Crippen LogP contribution in [0.15, 0.2) is 71.4 Å². The van der Waals surface area contributed by atoms with Gasteiger partial charge < -0.3 is 30.4 Å². The summed E-state index contributed by atoms with van der Waals surface area (Å²) in [5, 5.41) is 7.48. The quantitative estimate of drug-likeness (QED) is 0.495. The highest BCUT2D eigenvalue weighted by Crippen LogP contribution is 2.44. The van der Waals surface area contributed by atoms with E-state index in [1.54, 1.807) is 19.6 Å². The van der Waals surface area contributed by atoms with Crippen LogP contribution in [0.5, 0.6) is 5.75 Å². The van der Waals surface area contributed by atoms with Crippen molar-refractivity contribution in [3.05, 3.63) is 87.7 Å². The molecule has 2 aromatic carbocycles. The molecular weight excluding hydrogens is 475 g/mol. The van der Waals surface area contributed by atoms with Gasteiger partial charge in [-0.15, -0.1) is 0 Å². The predicted octanol–water partition coefficient (Wildman–Crippen LogP) is 3.76. The number of nitrogens with one attached hydrogen (secondary N) is 2. The normalized spacial score (nSPS) is 22.0. The third-order valence-corrected chi connectivity index (χ3v) is 6.58. The molecule has 0 aliphatic carbocycles. The lowest BCUT2D eigenvalue weighted by Crippen LogP contribution is -2.47. The minimum atomic E-state index is -0.352. The predicted molar refractivity (Wildman–Crippen MR) is 133 cm³/mol. The van der Waals surface area contributed by atoms with Gasteiger partial charge in [0.25, 0.3) is 0 Å². The molecule has 2 aliphatic rings. The zero-order chi connectivity index (χ0) is 23.8. The van der Waals surface area contributed by atoms with Crippen LogP contribution in [0.25, 0.3) is 5.69 Å². The van der Waals surface area contributed by atoms with Crippen LogP contribution in [0, 0.1) is 0 Å². The van der Waals surface area contributed by atoms with Crippen LogP contribution in [0.2, 0.25) is 10.2 Å². The summed E-state index contributed by atoms with van der Waals surface area (Å²) in [6.07, 6.45) is 3.02. The molecule has 3 aromatic rings. The van der Waals surface area contributed by atoms with Crippen molar-refractivity contribution in [2.24, 2.45) is 10.7 Å². The van der Waals surface area contributed by atoms with Gasteiger partial charge in [0.2, 0.25) is 0 Å². The second-order valence-electron chi connectivity index (χ2n) is 8.07. The lowest BCUT2D eigenvalue weighted by molar-refractivity contribution is 0.0305. The second kappa shape index (κ2) is 9.21. The van der Waals surface area contributed by atoms with Gasteiger partial charge in [-0.2, -0.15) is 0 Å². The number of nitrogens with zero attached hydrogens (tertiary/aromatic N) is 3. The van der Waals surface area contributed by atoms with E-state index in [4.69, 9.17) is 43.4 Å². The Morgan fingerprint density at radius 2 is 1.94 bits per heavy atom. The topological polar surface area (TPSA) is 98.7 Å². The Kier molecular flexibility index (Phi) is 6.12. The third-order valence-electron chi connectivity index (χ3n) is 6.13. The van der Waals surface area contributed by atoms with Crippen LogP contribution in [0.4, 0.5) is 0 Å². The Morgan fingerprint density at radius 1 is 1.18 bits per heavy atom. The molecule has 3 atom stereocenters. The number of rotatable bonds is 5. The van der Waals surface area contributed by atoms with Crippen molar-refractivity contribution in [3.8, 4) is 11.4 Å². The SMILES string of the molecule is CNC1=C2C(c3ccc(-n4cnc(Cl)c4)c(OC)c3)OCC(c3ccc(Cl)cc3)C2N=C(N)N1. The molecule has 0 radical (unpaired) electrons. The molecule has 1 fully saturated rings. The number of ether oxygens (including phenoxy) is 2. The number of nitrogens with two attached hydrogens (primary N) is 1. The fraction of sp³-hybridized carbons (Fsp3) is 0.250. The number of benzene rings is 2. The second-order valence-corrected chi connectivity index (χ2v) is 8.89. The fourth-order valence-corrected chi connectivity index (χ4v) is 4.82. The average molecular weight is 499 g/mol. The first kappa shape index (κ1) is 22.6. The molecule has 0 spiro atoms. The number of aliphatic imine (C=N–C) groups is 1. The molecule has 1 aromatic heterocycles. The number of methoxy groups -OCH3 is 1. The standard InChI is InChI=1S/C24H24Cl2N6O2/c1-28-23-20-21(30-24(27)31-23)16(13-3-6-15(25)7-4-13)11-34-22(20)14-5-8-17(18(9-14)33-2)32-10-19(26)29-12-32/h3-10,12,16,21-22,28H,11H2,1-2H3,(H3,27,30,31). The number of halogens is 2. The maximum atomic E-state index is 6.47. The Bertz CT molecular complexity index is 1270. The fourth-order valence-electron chi connectivity index (χ4n) is 4.55. The first-order chi connectivity index (χ1) is 16.5. The zero-order valence-corrected chi connectivity index (χ0v) is 20.1. The van der Waals surface area contributed by atoms with Crippen LogP contribution in [-0.4, -0.2) is 42.3 Å². The minimum Gasteiger partial charge on any atom is -0.495 e. The molecule has 0 amide bonds. The smallest absolute Gasteiger partial charge is 0.194 e. The van der Waals surface area contributed by atoms with Crippen molar-refractivity contribution in [2.45, 2.75) is 18.1 Å². The monoisotopic (exact) mass is 498 g/mol. The van der Waals surface area contributed by atoms with Crippen LogP contribution in [-0.2, 0) is 4.74 Å². The number of imidazole rings is 1. The molecular formula is C24H24Cl2N6O2. The Hall–Kier alpha value is -3.20. The van der Waals surface area contributed by atoms with E-state index < -0.39 is 0 Å². The van der Waals surface area contributed by atoms with Crippen LogP contribution in [0.3, 0.4) is 0 Å². The minimum absolute atomic E-state index is 0.0122. The van der Waals surface area contributed by atoms with Gasteiger partial charge in [0.15, 0.2) is 5.96 Å². The van der Waals surface area contributed by atoms with E-state index in [0.717, 1.165) is 28.2 Å². The largest absolute Gasteiger partial charge is 0.495 e. The first-order valence-corrected chi connectivity index (χ1v) is 11.5. The van der Waals surface area contributed by atoms with E-state index in [1.165, 1.54) is 0 Å². The van der Waals surface area contributed by atoms with Crippen molar-refractivity contribution in [3.63, 3.8) is 0 Å². The van der Waals surface area contributed by atoms with Gasteiger partial charge in [-0.3, -0.25) is 0 Å². The summed E-state index contributed by atoms with van der Waals surface area (Å²) >= 11 is 12.1. The van der Waals surface area contributed by atoms with Crippen molar-refractivity contribution in [1.82, 2.24) is 20.2 Å². The van der Waals surface area contributed by atoms with Crippen LogP contribution >= 0.6 is 23.2 Å². The van der Waals surface area contributed by atoms with E-state index in [9.17, 15) is 0 Å². The van der Waals surface area contributed by atoms with Crippen molar-refractivity contribution < 1.29 is 9.47 Å². The highest BCUT2D eigenvalue weighted by atomic mass is 35.5. The van der Waals surface area contributed by atoms with Gasteiger partial charge in [0, 0.05) is 29.8 Å². The van der Waals surface area contributed by atoms with Crippen molar-refractivity contribution in [2.75, 3.05) is 20.8 Å². The third kappa shape index (κ3) is 4.09. The van der Waals surface area contributed by atoms with E-state index in [2.05, 4.69) is 15.6 Å². The van der Waals surface area contributed by atoms with Gasteiger partial charge in [-0.05, 0) is 35.4 Å². The van der Waals surface area contributed by atoms with Gasteiger partial charge >= 0.3 is 0 Å². The first-order valence-electron chi connectivity index (χ1n) is 10.8. The Balaban J connectivity index is 1.56. The van der Waals surface area contributed by atoms with Gasteiger partial charge in [-0.1, -0.05) is 41.4 Å². The highest BCUT2D eigenvalue weighted by Gasteiger charge is 2.41. The van der Waals surface area contributed by atoms with Crippen molar-refractivity contribution in [1.29, 1.82) is 0 Å². The molecule has 34 heavy (non-hydrogen) atoms. The summed E-state index contributed by atoms with van der Waals surface area (Å²) in [7, 11) is 3.48. The number of fused-ring (bicyclic) bond motifs is 1. The molecule has 4 N–H and O–H groups in total. The maximum Gasteiger partial charge on any atom is 0.194 e.